The van der Waals surface area contributed by atoms with Crippen LogP contribution < -0.4 is 4.74 Å². The molecule has 0 aliphatic heterocycles. The summed E-state index contributed by atoms with van der Waals surface area (Å²) in [5, 5.41) is 10.5. The summed E-state index contributed by atoms with van der Waals surface area (Å²) in [6.07, 6.45) is 0. The Kier molecular flexibility index (Phi) is 3.82. The van der Waals surface area contributed by atoms with E-state index in [0.29, 0.717) is 0 Å². The van der Waals surface area contributed by atoms with Crippen molar-refractivity contribution >= 4 is 28.9 Å². The molecule has 0 aliphatic carbocycles. The van der Waals surface area contributed by atoms with E-state index in [1.165, 1.54) is 12.1 Å². The van der Waals surface area contributed by atoms with E-state index in [2.05, 4.69) is 4.98 Å². The van der Waals surface area contributed by atoms with Gasteiger partial charge in [0.1, 0.15) is 0 Å². The molecule has 1 aromatic carbocycles. The number of benzene rings is 1. The number of hydrogen-bond acceptors (Lipinski definition) is 4. The van der Waals surface area contributed by atoms with Crippen LogP contribution in [0.5, 0.6) is 11.6 Å². The number of halogens is 3. The molecule has 0 atom stereocenters. The molecule has 0 saturated heterocycles. The van der Waals surface area contributed by atoms with Crippen LogP contribution >= 0.6 is 23.2 Å². The number of nitro groups is 1. The molecule has 0 bridgehead atoms. The summed E-state index contributed by atoms with van der Waals surface area (Å²) >= 11 is 11.7. The number of hydrogen-bond donors (Lipinski definition) is 0. The van der Waals surface area contributed by atoms with E-state index in [1.807, 2.05) is 0 Å². The third-order valence-electron chi connectivity index (χ3n) is 2.09. The first-order chi connectivity index (χ1) is 8.97. The molecule has 8 heteroatoms. The van der Waals surface area contributed by atoms with Gasteiger partial charge in [0.25, 0.3) is 5.69 Å². The average molecular weight is 303 g/mol. The molecule has 0 N–H and O–H groups in total. The topological polar surface area (TPSA) is 65.3 Å². The van der Waals surface area contributed by atoms with Gasteiger partial charge < -0.3 is 4.74 Å². The molecule has 1 heterocycles. The Hall–Kier alpha value is -1.92. The molecular weight excluding hydrogens is 298 g/mol. The zero-order chi connectivity index (χ0) is 14.0. The van der Waals surface area contributed by atoms with Crippen LogP contribution in [0.15, 0.2) is 30.3 Å². The van der Waals surface area contributed by atoms with E-state index in [4.69, 9.17) is 27.9 Å². The minimum absolute atomic E-state index is 0.0213. The molecule has 0 unspecified atom stereocenters. The lowest BCUT2D eigenvalue weighted by molar-refractivity contribution is -0.384. The highest BCUT2D eigenvalue weighted by Gasteiger charge is 2.16. The SMILES string of the molecule is O=[N+]([O-])c1cc(Cl)c(Oc2cccc(F)n2)c(Cl)c1. The molecular formula is C11H5Cl2FN2O3. The third kappa shape index (κ3) is 3.10. The fourth-order valence-corrected chi connectivity index (χ4v) is 1.85. The quantitative estimate of drug-likeness (QED) is 0.483. The Labute approximate surface area is 116 Å². The molecule has 0 spiro atoms. The highest BCUT2D eigenvalue weighted by Crippen LogP contribution is 2.38. The minimum Gasteiger partial charge on any atom is -0.436 e. The monoisotopic (exact) mass is 302 g/mol. The fourth-order valence-electron chi connectivity index (χ4n) is 1.30. The van der Waals surface area contributed by atoms with Crippen molar-refractivity contribution in [2.24, 2.45) is 0 Å². The van der Waals surface area contributed by atoms with Crippen LogP contribution in [0, 0.1) is 16.1 Å². The van der Waals surface area contributed by atoms with Crippen molar-refractivity contribution in [1.82, 2.24) is 4.98 Å². The van der Waals surface area contributed by atoms with Crippen LogP contribution in [0.1, 0.15) is 0 Å². The zero-order valence-electron chi connectivity index (χ0n) is 9.14. The second-order valence-corrected chi connectivity index (χ2v) is 4.21. The maximum atomic E-state index is 12.9. The van der Waals surface area contributed by atoms with Crippen LogP contribution in [-0.4, -0.2) is 9.91 Å². The number of nitrogens with zero attached hydrogens (tertiary/aromatic N) is 2. The van der Waals surface area contributed by atoms with Gasteiger partial charge in [0, 0.05) is 18.2 Å². The molecule has 0 radical (unpaired) electrons. The second-order valence-electron chi connectivity index (χ2n) is 3.40. The Morgan fingerprint density at radius 3 is 2.42 bits per heavy atom. The van der Waals surface area contributed by atoms with Crippen LogP contribution in [0.2, 0.25) is 10.0 Å². The summed E-state index contributed by atoms with van der Waals surface area (Å²) in [6, 6.07) is 6.11. The predicted molar refractivity (Wildman–Crippen MR) is 67.4 cm³/mol. The minimum atomic E-state index is -0.730. The molecule has 5 nitrogen and oxygen atoms in total. The lowest BCUT2D eigenvalue weighted by Gasteiger charge is -2.08. The van der Waals surface area contributed by atoms with Crippen molar-refractivity contribution in [1.29, 1.82) is 0 Å². The van der Waals surface area contributed by atoms with Crippen molar-refractivity contribution in [2.75, 3.05) is 0 Å². The molecule has 0 amide bonds. The fraction of sp³-hybridized carbons (Fsp3) is 0. The van der Waals surface area contributed by atoms with Crippen molar-refractivity contribution in [3.05, 3.63) is 56.4 Å². The van der Waals surface area contributed by atoms with Crippen LogP contribution in [0.25, 0.3) is 0 Å². The van der Waals surface area contributed by atoms with E-state index in [1.54, 1.807) is 0 Å². The Morgan fingerprint density at radius 2 is 1.89 bits per heavy atom. The van der Waals surface area contributed by atoms with Gasteiger partial charge in [-0.1, -0.05) is 29.3 Å². The second kappa shape index (κ2) is 5.38. The predicted octanol–water partition coefficient (Wildman–Crippen LogP) is 4.23. The van der Waals surface area contributed by atoms with Crippen molar-refractivity contribution in [3.8, 4) is 11.6 Å². The lowest BCUT2D eigenvalue weighted by Crippen LogP contribution is -1.93. The van der Waals surface area contributed by atoms with Gasteiger partial charge in [-0.25, -0.2) is 0 Å². The Morgan fingerprint density at radius 1 is 1.26 bits per heavy atom. The van der Waals surface area contributed by atoms with Gasteiger partial charge in [0.05, 0.1) is 15.0 Å². The smallest absolute Gasteiger partial charge is 0.272 e. The molecule has 2 aromatic rings. The number of non-ortho nitro benzene ring substituents is 1. The maximum absolute atomic E-state index is 12.9. The summed E-state index contributed by atoms with van der Waals surface area (Å²) in [4.78, 5) is 13.4. The standard InChI is InChI=1S/C11H5Cl2FN2O3/c12-7-4-6(16(17)18)5-8(13)11(7)19-10-3-1-2-9(14)15-10/h1-5H. The van der Waals surface area contributed by atoms with Gasteiger partial charge in [0.15, 0.2) is 5.75 Å². The molecule has 0 aliphatic rings. The molecule has 98 valence electrons. The maximum Gasteiger partial charge on any atom is 0.272 e. The van der Waals surface area contributed by atoms with Crippen molar-refractivity contribution < 1.29 is 14.1 Å². The van der Waals surface area contributed by atoms with Crippen LogP contribution in [0.3, 0.4) is 0 Å². The summed E-state index contributed by atoms with van der Waals surface area (Å²) < 4.78 is 18.1. The van der Waals surface area contributed by atoms with E-state index < -0.39 is 10.9 Å². The van der Waals surface area contributed by atoms with Gasteiger partial charge in [-0.15, -0.1) is 0 Å². The van der Waals surface area contributed by atoms with E-state index in [-0.39, 0.29) is 27.4 Å². The number of pyridine rings is 1. The first kappa shape index (κ1) is 13.5. The van der Waals surface area contributed by atoms with E-state index >= 15 is 0 Å². The van der Waals surface area contributed by atoms with Crippen molar-refractivity contribution in [2.45, 2.75) is 0 Å². The lowest BCUT2D eigenvalue weighted by atomic mass is 10.3. The molecule has 19 heavy (non-hydrogen) atoms. The number of nitro benzene ring substituents is 1. The summed E-state index contributed by atoms with van der Waals surface area (Å²) in [7, 11) is 0. The number of rotatable bonds is 3. The number of aromatic nitrogens is 1. The van der Waals surface area contributed by atoms with Gasteiger partial charge in [-0.3, -0.25) is 10.1 Å². The first-order valence-electron chi connectivity index (χ1n) is 4.91. The molecule has 2 rings (SSSR count). The van der Waals surface area contributed by atoms with Gasteiger partial charge in [-0.2, -0.15) is 9.37 Å². The van der Waals surface area contributed by atoms with Crippen LogP contribution in [-0.2, 0) is 0 Å². The van der Waals surface area contributed by atoms with Gasteiger partial charge in [-0.05, 0) is 6.07 Å². The summed E-state index contributed by atoms with van der Waals surface area (Å²) in [5.41, 5.74) is -0.269. The van der Waals surface area contributed by atoms with Gasteiger partial charge >= 0.3 is 0 Å². The van der Waals surface area contributed by atoms with Gasteiger partial charge in [0.2, 0.25) is 11.8 Å². The zero-order valence-corrected chi connectivity index (χ0v) is 10.7. The average Bonchev–Trinajstić information content (AvgIpc) is 2.33. The normalized spacial score (nSPS) is 10.3. The first-order valence-corrected chi connectivity index (χ1v) is 5.67. The highest BCUT2D eigenvalue weighted by atomic mass is 35.5. The summed E-state index contributed by atoms with van der Waals surface area (Å²) in [6.45, 7) is 0. The van der Waals surface area contributed by atoms with Crippen LogP contribution in [0.4, 0.5) is 10.1 Å². The van der Waals surface area contributed by atoms with E-state index in [9.17, 15) is 14.5 Å². The Balaban J connectivity index is 2.38. The molecule has 1 aromatic heterocycles. The van der Waals surface area contributed by atoms with E-state index in [0.717, 1.165) is 18.2 Å². The number of ether oxygens (including phenoxy) is 1. The third-order valence-corrected chi connectivity index (χ3v) is 2.65. The largest absolute Gasteiger partial charge is 0.436 e. The molecule has 0 saturated carbocycles. The van der Waals surface area contributed by atoms with Crippen molar-refractivity contribution in [3.63, 3.8) is 0 Å². The highest BCUT2D eigenvalue weighted by molar-refractivity contribution is 6.37. The Bertz CT molecular complexity index is 629. The summed E-state index contributed by atoms with van der Waals surface area (Å²) in [5.74, 6) is -0.809. The molecule has 0 fully saturated rings.